The number of nitrogens with two attached hydrogens (primary N) is 1. The summed E-state index contributed by atoms with van der Waals surface area (Å²) in [4.78, 5) is 32.8. The molecule has 0 fully saturated rings. The highest BCUT2D eigenvalue weighted by atomic mass is 16.4. The van der Waals surface area contributed by atoms with E-state index in [9.17, 15) is 9.59 Å². The number of carbonyl (C=O) groups is 1. The highest BCUT2D eigenvalue weighted by Crippen LogP contribution is 2.33. The largest absolute Gasteiger partial charge is 0.424 e. The number of amidine groups is 1. The quantitative estimate of drug-likeness (QED) is 0.364. The molecular weight excluding hydrogens is 494 g/mol. The number of aryl methyl sites for hydroxylation is 1. The Morgan fingerprint density at radius 2 is 1.82 bits per heavy atom. The second-order valence-corrected chi connectivity index (χ2v) is 9.64. The van der Waals surface area contributed by atoms with E-state index in [4.69, 9.17) is 10.2 Å². The fraction of sp³-hybridized carbons (Fsp3) is 0.310. The minimum atomic E-state index is -0.239. The van der Waals surface area contributed by atoms with Gasteiger partial charge in [-0.2, -0.15) is 5.10 Å². The summed E-state index contributed by atoms with van der Waals surface area (Å²) in [6, 6.07) is 11.5. The summed E-state index contributed by atoms with van der Waals surface area (Å²) >= 11 is 0. The van der Waals surface area contributed by atoms with Gasteiger partial charge in [-0.05, 0) is 48.2 Å². The Labute approximate surface area is 225 Å². The lowest BCUT2D eigenvalue weighted by Gasteiger charge is -2.22. The van der Waals surface area contributed by atoms with Gasteiger partial charge in [0.05, 0.1) is 17.3 Å². The molecule has 0 unspecified atom stereocenters. The molecule has 39 heavy (non-hydrogen) atoms. The molecule has 2 aromatic heterocycles. The number of rotatable bonds is 8. The molecule has 1 aliphatic rings. The van der Waals surface area contributed by atoms with E-state index in [0.29, 0.717) is 59.2 Å². The first-order valence-corrected chi connectivity index (χ1v) is 13.1. The molecule has 0 radical (unpaired) electrons. The molecular formula is C29H31N7O3. The topological polar surface area (TPSA) is 132 Å². The maximum atomic E-state index is 13.3. The van der Waals surface area contributed by atoms with Gasteiger partial charge in [-0.3, -0.25) is 9.59 Å². The molecule has 0 spiro atoms. The van der Waals surface area contributed by atoms with Crippen LogP contribution in [0.4, 0.5) is 5.69 Å². The number of carbonyl (C=O) groups excluding carboxylic acids is 1. The molecule has 5 rings (SSSR count). The third-order valence-electron chi connectivity index (χ3n) is 6.58. The normalized spacial score (nSPS) is 13.0. The molecule has 2 aromatic carbocycles. The van der Waals surface area contributed by atoms with E-state index in [0.717, 1.165) is 29.5 Å². The fourth-order valence-electron chi connectivity index (χ4n) is 4.77. The molecule has 0 saturated carbocycles. The number of amides is 1. The summed E-state index contributed by atoms with van der Waals surface area (Å²) in [5.41, 5.74) is 10.0. The molecule has 10 heteroatoms. The number of benzene rings is 2. The molecule has 1 amide bonds. The molecule has 1 aliphatic heterocycles. The Hall–Kier alpha value is -4.60. The van der Waals surface area contributed by atoms with Crippen molar-refractivity contribution < 1.29 is 9.21 Å². The summed E-state index contributed by atoms with van der Waals surface area (Å²) < 4.78 is 6.69. The SMILES string of the molecule is CCCN(CCC)C(=O)C1=Cc2ccc(-c3ccc4c(=O)n(Cc5nnc(C)o5)ncc4c3)cc2N=C(N)C1. The monoisotopic (exact) mass is 525 g/mol. The van der Waals surface area contributed by atoms with Gasteiger partial charge in [0.15, 0.2) is 0 Å². The fourth-order valence-corrected chi connectivity index (χ4v) is 4.77. The number of aromatic nitrogens is 4. The van der Waals surface area contributed by atoms with Crippen molar-refractivity contribution in [3.8, 4) is 11.1 Å². The van der Waals surface area contributed by atoms with E-state index in [1.165, 1.54) is 4.68 Å². The first-order chi connectivity index (χ1) is 18.9. The van der Waals surface area contributed by atoms with Gasteiger partial charge in [0, 0.05) is 43.0 Å². The van der Waals surface area contributed by atoms with Gasteiger partial charge >= 0.3 is 0 Å². The predicted molar refractivity (Wildman–Crippen MR) is 151 cm³/mol. The van der Waals surface area contributed by atoms with Crippen molar-refractivity contribution in [2.45, 2.75) is 46.6 Å². The molecule has 0 bridgehead atoms. The molecule has 0 saturated heterocycles. The Morgan fingerprint density at radius 1 is 1.08 bits per heavy atom. The van der Waals surface area contributed by atoms with E-state index < -0.39 is 0 Å². The predicted octanol–water partition coefficient (Wildman–Crippen LogP) is 4.23. The molecule has 10 nitrogen and oxygen atoms in total. The second kappa shape index (κ2) is 11.0. The van der Waals surface area contributed by atoms with Crippen LogP contribution in [-0.2, 0) is 11.3 Å². The second-order valence-electron chi connectivity index (χ2n) is 9.64. The highest BCUT2D eigenvalue weighted by molar-refractivity contribution is 6.05. The molecule has 0 atom stereocenters. The Bertz CT molecular complexity index is 1660. The summed E-state index contributed by atoms with van der Waals surface area (Å²) in [5, 5.41) is 13.3. The third kappa shape index (κ3) is 5.50. The number of nitrogens with zero attached hydrogens (tertiary/aromatic N) is 6. The average Bonchev–Trinajstić information content (AvgIpc) is 3.25. The van der Waals surface area contributed by atoms with Crippen LogP contribution in [0.25, 0.3) is 28.0 Å². The van der Waals surface area contributed by atoms with Gasteiger partial charge in [0.25, 0.3) is 5.56 Å². The minimum absolute atomic E-state index is 0.00990. The smallest absolute Gasteiger partial charge is 0.275 e. The lowest BCUT2D eigenvalue weighted by Crippen LogP contribution is -2.34. The van der Waals surface area contributed by atoms with Crippen molar-refractivity contribution in [3.05, 3.63) is 75.9 Å². The van der Waals surface area contributed by atoms with Crippen LogP contribution < -0.4 is 11.3 Å². The van der Waals surface area contributed by atoms with Crippen LogP contribution in [0, 0.1) is 6.92 Å². The van der Waals surface area contributed by atoms with Gasteiger partial charge < -0.3 is 15.1 Å². The number of hydrogen-bond donors (Lipinski definition) is 1. The molecule has 200 valence electrons. The first kappa shape index (κ1) is 26.0. The van der Waals surface area contributed by atoms with Crippen molar-refractivity contribution in [2.75, 3.05) is 13.1 Å². The van der Waals surface area contributed by atoms with Crippen molar-refractivity contribution in [1.29, 1.82) is 0 Å². The van der Waals surface area contributed by atoms with Crippen LogP contribution in [-0.4, -0.2) is 49.7 Å². The number of hydrogen-bond acceptors (Lipinski definition) is 8. The zero-order valence-corrected chi connectivity index (χ0v) is 22.3. The van der Waals surface area contributed by atoms with Gasteiger partial charge in [0.2, 0.25) is 17.7 Å². The summed E-state index contributed by atoms with van der Waals surface area (Å²) in [6.07, 6.45) is 5.67. The van der Waals surface area contributed by atoms with Gasteiger partial charge in [-0.25, -0.2) is 9.67 Å². The zero-order valence-electron chi connectivity index (χ0n) is 22.3. The lowest BCUT2D eigenvalue weighted by molar-refractivity contribution is -0.127. The highest BCUT2D eigenvalue weighted by Gasteiger charge is 2.21. The third-order valence-corrected chi connectivity index (χ3v) is 6.58. The minimum Gasteiger partial charge on any atom is -0.424 e. The van der Waals surface area contributed by atoms with E-state index in [-0.39, 0.29) is 18.0 Å². The Morgan fingerprint density at radius 3 is 2.54 bits per heavy atom. The maximum Gasteiger partial charge on any atom is 0.275 e. The maximum absolute atomic E-state index is 13.3. The standard InChI is InChI=1S/C29H31N7O3/c1-4-10-35(11-5-2)28(37)22-13-21-7-6-20(14-25(21)32-26(30)15-22)19-8-9-24-23(12-19)16-31-36(29(24)38)17-27-34-33-18(3)39-27/h6-9,12-14,16H,4-5,10-11,15,17H2,1-3H3,(H2,30,32). The summed E-state index contributed by atoms with van der Waals surface area (Å²) in [5.74, 6) is 1.17. The van der Waals surface area contributed by atoms with Gasteiger partial charge in [-0.15, -0.1) is 10.2 Å². The van der Waals surface area contributed by atoms with Crippen LogP contribution in [0.15, 0.2) is 62.4 Å². The van der Waals surface area contributed by atoms with Crippen molar-refractivity contribution in [2.24, 2.45) is 10.7 Å². The number of aliphatic imine (C=N–C) groups is 1. The van der Waals surface area contributed by atoms with Crippen LogP contribution >= 0.6 is 0 Å². The van der Waals surface area contributed by atoms with E-state index in [2.05, 4.69) is 34.1 Å². The van der Waals surface area contributed by atoms with Crippen molar-refractivity contribution in [1.82, 2.24) is 24.9 Å². The van der Waals surface area contributed by atoms with E-state index in [1.807, 2.05) is 41.3 Å². The van der Waals surface area contributed by atoms with Crippen LogP contribution in [0.1, 0.15) is 50.5 Å². The summed E-state index contributed by atoms with van der Waals surface area (Å²) in [7, 11) is 0. The van der Waals surface area contributed by atoms with Crippen LogP contribution in [0.3, 0.4) is 0 Å². The van der Waals surface area contributed by atoms with Crippen molar-refractivity contribution in [3.63, 3.8) is 0 Å². The van der Waals surface area contributed by atoms with Gasteiger partial charge in [0.1, 0.15) is 12.4 Å². The Kier molecular flexibility index (Phi) is 7.36. The molecule has 3 heterocycles. The number of fused-ring (bicyclic) bond motifs is 2. The van der Waals surface area contributed by atoms with E-state index in [1.54, 1.807) is 19.2 Å². The average molecular weight is 526 g/mol. The van der Waals surface area contributed by atoms with Crippen molar-refractivity contribution >= 4 is 34.3 Å². The summed E-state index contributed by atoms with van der Waals surface area (Å²) in [6.45, 7) is 7.37. The van der Waals surface area contributed by atoms with E-state index >= 15 is 0 Å². The lowest BCUT2D eigenvalue weighted by atomic mass is 9.99. The molecule has 2 N–H and O–H groups in total. The Balaban J connectivity index is 1.45. The first-order valence-electron chi connectivity index (χ1n) is 13.1. The van der Waals surface area contributed by atoms with Crippen LogP contribution in [0.5, 0.6) is 0 Å². The molecule has 0 aliphatic carbocycles. The van der Waals surface area contributed by atoms with Crippen LogP contribution in [0.2, 0.25) is 0 Å². The van der Waals surface area contributed by atoms with Gasteiger partial charge in [-0.1, -0.05) is 32.0 Å². The molecule has 4 aromatic rings. The zero-order chi connectivity index (χ0) is 27.5.